The van der Waals surface area contributed by atoms with Crippen LogP contribution in [-0.2, 0) is 38.7 Å². The van der Waals surface area contributed by atoms with Crippen LogP contribution in [0.5, 0.6) is 0 Å². The summed E-state index contributed by atoms with van der Waals surface area (Å²) in [6.45, 7) is 0.489. The zero-order chi connectivity index (χ0) is 28.6. The van der Waals surface area contributed by atoms with E-state index in [2.05, 4.69) is 15.3 Å². The third kappa shape index (κ3) is 6.95. The third-order valence-corrected chi connectivity index (χ3v) is 6.66. The first-order valence-corrected chi connectivity index (χ1v) is 13.3. The summed E-state index contributed by atoms with van der Waals surface area (Å²) in [6.07, 6.45) is 0.138. The molecule has 0 aliphatic carbocycles. The van der Waals surface area contributed by atoms with Crippen molar-refractivity contribution in [1.82, 2.24) is 15.3 Å². The molecule has 0 saturated heterocycles. The van der Waals surface area contributed by atoms with Crippen LogP contribution in [0.1, 0.15) is 33.7 Å². The lowest BCUT2D eigenvalue weighted by molar-refractivity contribution is -0.148. The molecule has 0 aliphatic heterocycles. The number of ether oxygens (including phenoxy) is 2. The summed E-state index contributed by atoms with van der Waals surface area (Å²) in [6, 6.07) is 27.3. The Kier molecular flexibility index (Phi) is 8.66. The summed E-state index contributed by atoms with van der Waals surface area (Å²) in [5, 5.41) is 4.88. The van der Waals surface area contributed by atoms with Crippen LogP contribution in [0.3, 0.4) is 0 Å². The van der Waals surface area contributed by atoms with Gasteiger partial charge in [0, 0.05) is 29.3 Å². The third-order valence-electron chi connectivity index (χ3n) is 6.66. The van der Waals surface area contributed by atoms with E-state index in [0.717, 1.165) is 32.9 Å². The summed E-state index contributed by atoms with van der Waals surface area (Å²) in [5.41, 5.74) is 9.61. The van der Waals surface area contributed by atoms with Crippen molar-refractivity contribution in [2.75, 3.05) is 6.54 Å². The number of amides is 1. The van der Waals surface area contributed by atoms with Crippen molar-refractivity contribution >= 4 is 39.7 Å². The monoisotopic (exact) mass is 550 g/mol. The number of benzene rings is 3. The second-order valence-corrected chi connectivity index (χ2v) is 9.63. The number of carbonyl (C=O) groups excluding carboxylic acids is 3. The molecule has 1 amide bonds. The number of esters is 2. The topological polar surface area (TPSA) is 136 Å². The summed E-state index contributed by atoms with van der Waals surface area (Å²) in [7, 11) is 0. The van der Waals surface area contributed by atoms with Crippen LogP contribution < -0.4 is 11.1 Å². The predicted octanol–water partition coefficient (Wildman–Crippen LogP) is 4.19. The molecular weight excluding hydrogens is 520 g/mol. The van der Waals surface area contributed by atoms with Gasteiger partial charge in [-0.2, -0.15) is 0 Å². The number of nitrogens with zero attached hydrogens (tertiary/aromatic N) is 1. The Hall–Kier alpha value is -5.02. The molecule has 3 aromatic carbocycles. The zero-order valence-corrected chi connectivity index (χ0v) is 22.3. The predicted molar refractivity (Wildman–Crippen MR) is 155 cm³/mol. The Morgan fingerprint density at radius 1 is 0.829 bits per heavy atom. The first-order valence-electron chi connectivity index (χ1n) is 13.3. The Labute approximate surface area is 236 Å². The van der Waals surface area contributed by atoms with Crippen molar-refractivity contribution in [1.29, 1.82) is 0 Å². The highest BCUT2D eigenvalue weighted by Gasteiger charge is 2.23. The van der Waals surface area contributed by atoms with Crippen molar-refractivity contribution in [3.05, 3.63) is 114 Å². The normalized spacial score (nSPS) is 11.8. The maximum atomic E-state index is 13.0. The average Bonchev–Trinajstić information content (AvgIpc) is 3.38. The number of aromatic amines is 1. The van der Waals surface area contributed by atoms with Crippen molar-refractivity contribution < 1.29 is 23.9 Å². The molecule has 2 aromatic heterocycles. The van der Waals surface area contributed by atoms with Crippen LogP contribution in [0, 0.1) is 0 Å². The number of H-pyrrole nitrogens is 1. The molecule has 5 rings (SSSR count). The van der Waals surface area contributed by atoms with Crippen LogP contribution in [0.4, 0.5) is 0 Å². The van der Waals surface area contributed by atoms with Crippen molar-refractivity contribution in [3.8, 4) is 0 Å². The van der Waals surface area contributed by atoms with Gasteiger partial charge >= 0.3 is 11.9 Å². The van der Waals surface area contributed by atoms with Gasteiger partial charge in [-0.3, -0.25) is 9.59 Å². The van der Waals surface area contributed by atoms with Crippen LogP contribution in [0.15, 0.2) is 91.0 Å². The number of nitrogens with two attached hydrogens (primary N) is 1. The van der Waals surface area contributed by atoms with Gasteiger partial charge in [-0.1, -0.05) is 78.9 Å². The molecule has 0 unspecified atom stereocenters. The summed E-state index contributed by atoms with van der Waals surface area (Å²) in [5.74, 6) is -1.74. The van der Waals surface area contributed by atoms with Gasteiger partial charge in [0.05, 0.1) is 17.6 Å². The molecule has 9 heteroatoms. The summed E-state index contributed by atoms with van der Waals surface area (Å²) >= 11 is 0. The van der Waals surface area contributed by atoms with Gasteiger partial charge in [-0.15, -0.1) is 0 Å². The van der Waals surface area contributed by atoms with Gasteiger partial charge < -0.3 is 25.5 Å². The molecule has 0 radical (unpaired) electrons. The van der Waals surface area contributed by atoms with Gasteiger partial charge in [0.25, 0.3) is 0 Å². The standard InChI is InChI=1S/C32H30N4O5/c33-29(37)18-27(31(38)40-19-21-9-3-1-4-10-21)34-16-15-26-30-24(23-13-7-8-14-25(23)36-30)17-28(35-26)32(39)41-20-22-11-5-2-6-12-22/h1-14,17,27,34,36H,15-16,18-20H2,(H2,33,37)/t27-/m0/s1. The highest BCUT2D eigenvalue weighted by molar-refractivity contribution is 6.09. The highest BCUT2D eigenvalue weighted by atomic mass is 16.5. The molecular formula is C32H30N4O5. The fraction of sp³-hybridized carbons (Fsp3) is 0.188. The fourth-order valence-corrected chi connectivity index (χ4v) is 4.63. The van der Waals surface area contributed by atoms with E-state index in [4.69, 9.17) is 15.2 Å². The Balaban J connectivity index is 1.33. The van der Waals surface area contributed by atoms with E-state index in [-0.39, 0.29) is 31.9 Å². The molecule has 41 heavy (non-hydrogen) atoms. The van der Waals surface area contributed by atoms with E-state index in [9.17, 15) is 14.4 Å². The number of pyridine rings is 1. The molecule has 5 aromatic rings. The second-order valence-electron chi connectivity index (χ2n) is 9.63. The number of rotatable bonds is 12. The Bertz CT molecular complexity index is 1670. The van der Waals surface area contributed by atoms with E-state index in [1.54, 1.807) is 6.07 Å². The molecule has 1 atom stereocenters. The van der Waals surface area contributed by atoms with Gasteiger partial charge in [-0.05, 0) is 23.3 Å². The number of para-hydroxylation sites is 1. The van der Waals surface area contributed by atoms with Crippen molar-refractivity contribution in [3.63, 3.8) is 0 Å². The molecule has 0 spiro atoms. The number of nitrogens with one attached hydrogen (secondary N) is 2. The SMILES string of the molecule is NC(=O)C[C@H](NCCc1nc(C(=O)OCc2ccccc2)cc2c1[nH]c1ccccc12)C(=O)OCc1ccccc1. The minimum absolute atomic E-state index is 0.0843. The van der Waals surface area contributed by atoms with E-state index in [1.165, 1.54) is 0 Å². The lowest BCUT2D eigenvalue weighted by Crippen LogP contribution is -2.42. The maximum Gasteiger partial charge on any atom is 0.357 e. The molecule has 4 N–H and O–H groups in total. The minimum atomic E-state index is -0.923. The highest BCUT2D eigenvalue weighted by Crippen LogP contribution is 2.28. The van der Waals surface area contributed by atoms with Crippen molar-refractivity contribution in [2.24, 2.45) is 5.73 Å². The van der Waals surface area contributed by atoms with Gasteiger partial charge in [-0.25, -0.2) is 9.78 Å². The van der Waals surface area contributed by atoms with Crippen LogP contribution >= 0.6 is 0 Å². The largest absolute Gasteiger partial charge is 0.460 e. The quantitative estimate of drug-likeness (QED) is 0.198. The number of hydrogen-bond donors (Lipinski definition) is 3. The zero-order valence-electron chi connectivity index (χ0n) is 22.3. The lowest BCUT2D eigenvalue weighted by atomic mass is 10.1. The minimum Gasteiger partial charge on any atom is -0.460 e. The van der Waals surface area contributed by atoms with Gasteiger partial charge in [0.2, 0.25) is 5.91 Å². The van der Waals surface area contributed by atoms with Gasteiger partial charge in [0.15, 0.2) is 0 Å². The van der Waals surface area contributed by atoms with Gasteiger partial charge in [0.1, 0.15) is 24.9 Å². The number of hydrogen-bond acceptors (Lipinski definition) is 7. The van der Waals surface area contributed by atoms with E-state index < -0.39 is 23.9 Å². The average molecular weight is 551 g/mol. The maximum absolute atomic E-state index is 13.0. The second kappa shape index (κ2) is 12.9. The molecule has 0 saturated carbocycles. The number of carbonyl (C=O) groups is 3. The summed E-state index contributed by atoms with van der Waals surface area (Å²) in [4.78, 5) is 45.5. The fourth-order valence-electron chi connectivity index (χ4n) is 4.63. The summed E-state index contributed by atoms with van der Waals surface area (Å²) < 4.78 is 11.0. The first kappa shape index (κ1) is 27.5. The Morgan fingerprint density at radius 2 is 1.46 bits per heavy atom. The van der Waals surface area contributed by atoms with Crippen LogP contribution in [0.25, 0.3) is 21.8 Å². The number of primary amides is 1. The van der Waals surface area contributed by atoms with E-state index in [1.807, 2.05) is 84.9 Å². The van der Waals surface area contributed by atoms with Crippen molar-refractivity contribution in [2.45, 2.75) is 32.1 Å². The smallest absolute Gasteiger partial charge is 0.357 e. The van der Waals surface area contributed by atoms with E-state index >= 15 is 0 Å². The number of aromatic nitrogens is 2. The molecule has 9 nitrogen and oxygen atoms in total. The molecule has 0 bridgehead atoms. The van der Waals surface area contributed by atoms with E-state index in [0.29, 0.717) is 12.1 Å². The molecule has 0 aliphatic rings. The van der Waals surface area contributed by atoms with Crippen LogP contribution in [-0.4, -0.2) is 40.4 Å². The first-order chi connectivity index (χ1) is 20.0. The molecule has 2 heterocycles. The number of fused-ring (bicyclic) bond motifs is 3. The van der Waals surface area contributed by atoms with Crippen LogP contribution in [0.2, 0.25) is 0 Å². The molecule has 208 valence electrons. The Morgan fingerprint density at radius 3 is 2.15 bits per heavy atom. The lowest BCUT2D eigenvalue weighted by Gasteiger charge is -2.16. The molecule has 0 fully saturated rings.